The van der Waals surface area contributed by atoms with E-state index >= 15 is 0 Å². The second-order valence-corrected chi connectivity index (χ2v) is 3.62. The van der Waals surface area contributed by atoms with Crippen molar-refractivity contribution < 1.29 is 9.90 Å². The molecule has 3 N–H and O–H groups in total. The fourth-order valence-electron chi connectivity index (χ4n) is 1.19. The molecule has 1 rings (SSSR count). The van der Waals surface area contributed by atoms with E-state index in [2.05, 4.69) is 0 Å². The SMILES string of the molecule is CN(CCO)C(=O)c1ccc(Cl)cc1N. The standard InChI is InChI=1S/C10H13ClN2O2/c1-13(4-5-14)10(15)8-3-2-7(11)6-9(8)12/h2-3,6,14H,4-5,12H2,1H3. The molecule has 0 unspecified atom stereocenters. The van der Waals surface area contributed by atoms with Crippen LogP contribution in [-0.4, -0.2) is 36.1 Å². The highest BCUT2D eigenvalue weighted by atomic mass is 35.5. The zero-order valence-electron chi connectivity index (χ0n) is 8.40. The summed E-state index contributed by atoms with van der Waals surface area (Å²) in [5.74, 6) is -0.224. The highest BCUT2D eigenvalue weighted by Gasteiger charge is 2.13. The van der Waals surface area contributed by atoms with E-state index in [4.69, 9.17) is 22.4 Å². The monoisotopic (exact) mass is 228 g/mol. The van der Waals surface area contributed by atoms with Crippen LogP contribution in [0.5, 0.6) is 0 Å². The molecule has 1 amide bonds. The number of amides is 1. The van der Waals surface area contributed by atoms with Crippen molar-refractivity contribution in [1.82, 2.24) is 4.90 Å². The molecule has 0 heterocycles. The van der Waals surface area contributed by atoms with Gasteiger partial charge >= 0.3 is 0 Å². The Labute approximate surface area is 93.2 Å². The van der Waals surface area contributed by atoms with Gasteiger partial charge in [-0.25, -0.2) is 0 Å². The second-order valence-electron chi connectivity index (χ2n) is 3.18. The molecular weight excluding hydrogens is 216 g/mol. The predicted molar refractivity (Wildman–Crippen MR) is 59.9 cm³/mol. The normalized spacial score (nSPS) is 10.1. The number of carbonyl (C=O) groups excluding carboxylic acids is 1. The zero-order chi connectivity index (χ0) is 11.4. The molecule has 0 aliphatic carbocycles. The van der Waals surface area contributed by atoms with Crippen molar-refractivity contribution in [3.63, 3.8) is 0 Å². The van der Waals surface area contributed by atoms with E-state index in [1.165, 1.54) is 11.0 Å². The van der Waals surface area contributed by atoms with Crippen LogP contribution in [0.25, 0.3) is 0 Å². The van der Waals surface area contributed by atoms with Crippen molar-refractivity contribution in [3.05, 3.63) is 28.8 Å². The average Bonchev–Trinajstić information content (AvgIpc) is 2.17. The Morgan fingerprint density at radius 1 is 1.60 bits per heavy atom. The number of aliphatic hydroxyl groups excluding tert-OH is 1. The zero-order valence-corrected chi connectivity index (χ0v) is 9.16. The first-order chi connectivity index (χ1) is 7.06. The molecule has 0 fully saturated rings. The number of anilines is 1. The number of halogens is 1. The van der Waals surface area contributed by atoms with Crippen LogP contribution < -0.4 is 5.73 Å². The third-order valence-electron chi connectivity index (χ3n) is 2.03. The van der Waals surface area contributed by atoms with E-state index in [0.717, 1.165) is 0 Å². The quantitative estimate of drug-likeness (QED) is 0.759. The van der Waals surface area contributed by atoms with Gasteiger partial charge in [-0.05, 0) is 18.2 Å². The molecule has 0 spiro atoms. The molecule has 0 radical (unpaired) electrons. The van der Waals surface area contributed by atoms with Crippen LogP contribution in [0.1, 0.15) is 10.4 Å². The molecule has 4 nitrogen and oxygen atoms in total. The maximum Gasteiger partial charge on any atom is 0.255 e. The highest BCUT2D eigenvalue weighted by molar-refractivity contribution is 6.31. The van der Waals surface area contributed by atoms with E-state index in [1.54, 1.807) is 19.2 Å². The van der Waals surface area contributed by atoms with Crippen molar-refractivity contribution in [1.29, 1.82) is 0 Å². The summed E-state index contributed by atoms with van der Waals surface area (Å²) in [5, 5.41) is 9.19. The Morgan fingerprint density at radius 3 is 2.80 bits per heavy atom. The molecule has 15 heavy (non-hydrogen) atoms. The van der Waals surface area contributed by atoms with Crippen LogP contribution in [0.3, 0.4) is 0 Å². The van der Waals surface area contributed by atoms with Crippen LogP contribution in [0, 0.1) is 0 Å². The van der Waals surface area contributed by atoms with Crippen molar-refractivity contribution in [2.24, 2.45) is 0 Å². The first-order valence-electron chi connectivity index (χ1n) is 4.47. The van der Waals surface area contributed by atoms with Gasteiger partial charge in [-0.1, -0.05) is 11.6 Å². The summed E-state index contributed by atoms with van der Waals surface area (Å²) in [5.41, 5.74) is 6.40. The lowest BCUT2D eigenvalue weighted by Crippen LogP contribution is -2.30. The van der Waals surface area contributed by atoms with Gasteiger partial charge in [0.1, 0.15) is 0 Å². The first-order valence-corrected chi connectivity index (χ1v) is 4.85. The highest BCUT2D eigenvalue weighted by Crippen LogP contribution is 2.19. The van der Waals surface area contributed by atoms with Crippen molar-refractivity contribution in [3.8, 4) is 0 Å². The number of benzene rings is 1. The molecule has 1 aromatic rings. The summed E-state index contributed by atoms with van der Waals surface area (Å²) in [6.45, 7) is 0.205. The number of hydrogen-bond acceptors (Lipinski definition) is 3. The second kappa shape index (κ2) is 5.00. The van der Waals surface area contributed by atoms with Gasteiger partial charge in [0.25, 0.3) is 5.91 Å². The van der Waals surface area contributed by atoms with Gasteiger partial charge in [-0.2, -0.15) is 0 Å². The van der Waals surface area contributed by atoms with Gasteiger partial charge in [0.15, 0.2) is 0 Å². The number of nitrogens with zero attached hydrogens (tertiary/aromatic N) is 1. The molecule has 0 atom stereocenters. The largest absolute Gasteiger partial charge is 0.398 e. The van der Waals surface area contributed by atoms with Crippen LogP contribution in [0.4, 0.5) is 5.69 Å². The predicted octanol–water partition coefficient (Wildman–Crippen LogP) is 0.986. The minimum atomic E-state index is -0.224. The van der Waals surface area contributed by atoms with E-state index < -0.39 is 0 Å². The number of carbonyl (C=O) groups is 1. The topological polar surface area (TPSA) is 66.6 Å². The Morgan fingerprint density at radius 2 is 2.27 bits per heavy atom. The molecule has 0 saturated heterocycles. The molecule has 0 aliphatic rings. The lowest BCUT2D eigenvalue weighted by molar-refractivity contribution is 0.0768. The summed E-state index contributed by atoms with van der Waals surface area (Å²) in [7, 11) is 1.60. The first kappa shape index (κ1) is 11.8. The van der Waals surface area contributed by atoms with Crippen LogP contribution in [0.15, 0.2) is 18.2 Å². The maximum absolute atomic E-state index is 11.8. The lowest BCUT2D eigenvalue weighted by atomic mass is 10.1. The summed E-state index contributed by atoms with van der Waals surface area (Å²) in [6.07, 6.45) is 0. The molecule has 5 heteroatoms. The Bertz CT molecular complexity index is 368. The third kappa shape index (κ3) is 2.84. The van der Waals surface area contributed by atoms with Gasteiger partial charge in [-0.3, -0.25) is 4.79 Å². The minimum absolute atomic E-state index is 0.0737. The summed E-state index contributed by atoms with van der Waals surface area (Å²) < 4.78 is 0. The van der Waals surface area contributed by atoms with Crippen molar-refractivity contribution >= 4 is 23.2 Å². The van der Waals surface area contributed by atoms with E-state index in [9.17, 15) is 4.79 Å². The smallest absolute Gasteiger partial charge is 0.255 e. The number of rotatable bonds is 3. The van der Waals surface area contributed by atoms with Gasteiger partial charge in [-0.15, -0.1) is 0 Å². The minimum Gasteiger partial charge on any atom is -0.398 e. The number of nitrogens with two attached hydrogens (primary N) is 1. The molecular formula is C10H13ClN2O2. The summed E-state index contributed by atoms with van der Waals surface area (Å²) >= 11 is 5.72. The van der Waals surface area contributed by atoms with Gasteiger partial charge in [0, 0.05) is 24.3 Å². The van der Waals surface area contributed by atoms with E-state index in [-0.39, 0.29) is 19.1 Å². The molecule has 82 valence electrons. The van der Waals surface area contributed by atoms with Crippen LogP contribution in [-0.2, 0) is 0 Å². The average molecular weight is 229 g/mol. The van der Waals surface area contributed by atoms with Crippen molar-refractivity contribution in [2.45, 2.75) is 0 Å². The van der Waals surface area contributed by atoms with Gasteiger partial charge < -0.3 is 15.7 Å². The van der Waals surface area contributed by atoms with Crippen molar-refractivity contribution in [2.75, 3.05) is 25.9 Å². The van der Waals surface area contributed by atoms with E-state index in [0.29, 0.717) is 16.3 Å². The lowest BCUT2D eigenvalue weighted by Gasteiger charge is -2.16. The fraction of sp³-hybridized carbons (Fsp3) is 0.300. The fourth-order valence-corrected chi connectivity index (χ4v) is 1.37. The van der Waals surface area contributed by atoms with Crippen LogP contribution >= 0.6 is 11.6 Å². The molecule has 1 aromatic carbocycles. The van der Waals surface area contributed by atoms with E-state index in [1.807, 2.05) is 0 Å². The molecule has 0 aliphatic heterocycles. The van der Waals surface area contributed by atoms with Gasteiger partial charge in [0.05, 0.1) is 12.2 Å². The van der Waals surface area contributed by atoms with Crippen LogP contribution in [0.2, 0.25) is 5.02 Å². The maximum atomic E-state index is 11.8. The Hall–Kier alpha value is -1.26. The molecule has 0 aromatic heterocycles. The number of hydrogen-bond donors (Lipinski definition) is 2. The van der Waals surface area contributed by atoms with Gasteiger partial charge in [0.2, 0.25) is 0 Å². The molecule has 0 saturated carbocycles. The Kier molecular flexibility index (Phi) is 3.94. The third-order valence-corrected chi connectivity index (χ3v) is 2.26. The Balaban J connectivity index is 2.91. The number of nitrogen functional groups attached to an aromatic ring is 1. The molecule has 0 bridgehead atoms. The summed E-state index contributed by atoms with van der Waals surface area (Å²) in [4.78, 5) is 13.2. The summed E-state index contributed by atoms with van der Waals surface area (Å²) in [6, 6.07) is 4.72. The number of aliphatic hydroxyl groups is 1. The number of likely N-dealkylation sites (N-methyl/N-ethyl adjacent to an activating group) is 1.